The molecule has 2 rings (SSSR count). The molecule has 0 unspecified atom stereocenters. The van der Waals surface area contributed by atoms with Crippen molar-refractivity contribution in [3.8, 4) is 0 Å². The number of unbranched alkanes of at least 4 members (excludes halogenated alkanes) is 3. The van der Waals surface area contributed by atoms with Crippen LogP contribution in [0.25, 0.3) is 0 Å². The molecule has 3 nitrogen and oxygen atoms in total. The second-order valence-electron chi connectivity index (χ2n) is 6.94. The van der Waals surface area contributed by atoms with Crippen molar-refractivity contribution in [2.45, 2.75) is 78.6 Å². The first-order valence-electron chi connectivity index (χ1n) is 9.38. The second kappa shape index (κ2) is 9.31. The van der Waals surface area contributed by atoms with E-state index in [4.69, 9.17) is 9.72 Å². The van der Waals surface area contributed by atoms with E-state index in [1.807, 2.05) is 0 Å². The molecule has 22 heavy (non-hydrogen) atoms. The number of aromatic nitrogens is 2. The first kappa shape index (κ1) is 18.3. The summed E-state index contributed by atoms with van der Waals surface area (Å²) in [6.07, 6.45) is 12.5. The summed E-state index contributed by atoms with van der Waals surface area (Å²) in [5, 5.41) is 0. The van der Waals surface area contributed by atoms with Crippen molar-refractivity contribution in [3.05, 3.63) is 12.4 Å². The minimum absolute atomic E-state index is 0.568. The zero-order chi connectivity index (χ0) is 15.8. The zero-order valence-electron chi connectivity index (χ0n) is 14.8. The van der Waals surface area contributed by atoms with Crippen LogP contribution in [0, 0.1) is 0 Å². The van der Waals surface area contributed by atoms with Gasteiger partial charge >= 0.3 is 141 Å². The van der Waals surface area contributed by atoms with E-state index in [9.17, 15) is 0 Å². The number of nitrogens with zero attached hydrogens (tertiary/aromatic N) is 2. The Labute approximate surface area is 140 Å². The molecule has 1 aromatic rings. The summed E-state index contributed by atoms with van der Waals surface area (Å²) in [6, 6.07) is 0.568. The Morgan fingerprint density at radius 3 is 2.00 bits per heavy atom. The van der Waals surface area contributed by atoms with Crippen LogP contribution < -0.4 is 3.84 Å². The molecule has 0 aliphatic carbocycles. The van der Waals surface area contributed by atoms with Crippen molar-refractivity contribution >= 4 is 22.2 Å². The molecular formula is C18H34N2OSn. The summed E-state index contributed by atoms with van der Waals surface area (Å²) >= 11 is -2.37. The summed E-state index contributed by atoms with van der Waals surface area (Å²) in [5.41, 5.74) is 0. The maximum atomic E-state index is 5.44. The van der Waals surface area contributed by atoms with Gasteiger partial charge in [-0.25, -0.2) is 0 Å². The normalized spacial score (nSPS) is 16.0. The van der Waals surface area contributed by atoms with Gasteiger partial charge in [-0.2, -0.15) is 0 Å². The van der Waals surface area contributed by atoms with Gasteiger partial charge in [-0.3, -0.25) is 0 Å². The molecule has 0 spiro atoms. The number of rotatable bonds is 11. The molecule has 2 heterocycles. The van der Waals surface area contributed by atoms with E-state index in [-0.39, 0.29) is 0 Å². The maximum absolute atomic E-state index is 5.44. The van der Waals surface area contributed by atoms with Crippen LogP contribution in [-0.2, 0) is 4.74 Å². The van der Waals surface area contributed by atoms with Crippen LogP contribution >= 0.6 is 0 Å². The van der Waals surface area contributed by atoms with Gasteiger partial charge in [0.25, 0.3) is 0 Å². The number of ether oxygens (including phenoxy) is 1. The SMILES string of the molecule is CCC[CH2][Sn]([CH2]CCC)([CH2]CCC)[c]1nccn1C1COC1. The van der Waals surface area contributed by atoms with Gasteiger partial charge < -0.3 is 0 Å². The standard InChI is InChI=1S/C6H7N2O.3C4H9.Sn/c1-2-8(5-7-1)6-3-9-4-6;3*1-3-4-2;/h1-2,6H,3-4H2;3*1,3-4H2,2H3;. The van der Waals surface area contributed by atoms with Gasteiger partial charge in [0.15, 0.2) is 0 Å². The third-order valence-corrected chi connectivity index (χ3v) is 20.2. The van der Waals surface area contributed by atoms with Crippen LogP contribution in [0.4, 0.5) is 0 Å². The van der Waals surface area contributed by atoms with Crippen LogP contribution in [0.2, 0.25) is 13.3 Å². The third-order valence-electron chi connectivity index (χ3n) is 5.18. The summed E-state index contributed by atoms with van der Waals surface area (Å²) in [5.74, 6) is 0. The van der Waals surface area contributed by atoms with Crippen molar-refractivity contribution in [2.24, 2.45) is 0 Å². The summed E-state index contributed by atoms with van der Waals surface area (Å²) in [7, 11) is 0. The van der Waals surface area contributed by atoms with E-state index < -0.39 is 18.4 Å². The molecule has 1 aliphatic rings. The predicted octanol–water partition coefficient (Wildman–Crippen LogP) is 4.51. The first-order chi connectivity index (χ1) is 10.8. The molecular weight excluding hydrogens is 379 g/mol. The Kier molecular flexibility index (Phi) is 7.75. The summed E-state index contributed by atoms with van der Waals surface area (Å²) in [6.45, 7) is 8.79. The van der Waals surface area contributed by atoms with Crippen molar-refractivity contribution in [1.82, 2.24) is 9.55 Å². The van der Waals surface area contributed by atoms with Gasteiger partial charge in [0.05, 0.1) is 0 Å². The molecule has 1 fully saturated rings. The summed E-state index contributed by atoms with van der Waals surface area (Å²) in [4.78, 5) is 4.95. The molecule has 1 saturated heterocycles. The van der Waals surface area contributed by atoms with Gasteiger partial charge in [0.1, 0.15) is 0 Å². The van der Waals surface area contributed by atoms with Crippen LogP contribution in [-0.4, -0.2) is 41.1 Å². The van der Waals surface area contributed by atoms with Gasteiger partial charge in [-0.1, -0.05) is 0 Å². The number of hydrogen-bond donors (Lipinski definition) is 0. The molecule has 4 heteroatoms. The molecule has 0 aromatic carbocycles. The molecule has 0 atom stereocenters. The fraction of sp³-hybridized carbons (Fsp3) is 0.833. The Morgan fingerprint density at radius 1 is 1.05 bits per heavy atom. The van der Waals surface area contributed by atoms with E-state index in [0.717, 1.165) is 13.2 Å². The zero-order valence-corrected chi connectivity index (χ0v) is 17.7. The molecule has 0 radical (unpaired) electrons. The van der Waals surface area contributed by atoms with E-state index in [0.29, 0.717) is 6.04 Å². The summed E-state index contributed by atoms with van der Waals surface area (Å²) < 4.78 is 14.0. The quantitative estimate of drug-likeness (QED) is 0.500. The van der Waals surface area contributed by atoms with E-state index in [2.05, 4.69) is 37.7 Å². The fourth-order valence-corrected chi connectivity index (χ4v) is 19.8. The van der Waals surface area contributed by atoms with Gasteiger partial charge in [0, 0.05) is 0 Å². The molecule has 0 saturated carbocycles. The van der Waals surface area contributed by atoms with E-state index in [1.54, 1.807) is 3.84 Å². The van der Waals surface area contributed by atoms with Gasteiger partial charge in [0.2, 0.25) is 0 Å². The Balaban J connectivity index is 2.28. The minimum atomic E-state index is -2.37. The van der Waals surface area contributed by atoms with Crippen LogP contribution in [0.3, 0.4) is 0 Å². The molecule has 1 aromatic heterocycles. The average molecular weight is 413 g/mol. The van der Waals surface area contributed by atoms with Crippen molar-refractivity contribution in [3.63, 3.8) is 0 Å². The number of hydrogen-bond acceptors (Lipinski definition) is 2. The molecule has 126 valence electrons. The van der Waals surface area contributed by atoms with E-state index >= 15 is 0 Å². The van der Waals surface area contributed by atoms with Crippen molar-refractivity contribution < 1.29 is 4.74 Å². The molecule has 0 amide bonds. The van der Waals surface area contributed by atoms with Crippen molar-refractivity contribution in [2.75, 3.05) is 13.2 Å². The molecule has 1 aliphatic heterocycles. The third kappa shape index (κ3) is 4.28. The Hall–Kier alpha value is -0.0313. The van der Waals surface area contributed by atoms with Crippen LogP contribution in [0.5, 0.6) is 0 Å². The topological polar surface area (TPSA) is 27.1 Å². The van der Waals surface area contributed by atoms with Gasteiger partial charge in [-0.15, -0.1) is 0 Å². The molecule has 0 N–H and O–H groups in total. The van der Waals surface area contributed by atoms with Crippen LogP contribution in [0.1, 0.15) is 65.3 Å². The monoisotopic (exact) mass is 414 g/mol. The Bertz CT molecular complexity index is 407. The number of imidazole rings is 1. The van der Waals surface area contributed by atoms with Crippen molar-refractivity contribution in [1.29, 1.82) is 0 Å². The van der Waals surface area contributed by atoms with Gasteiger partial charge in [-0.05, 0) is 0 Å². The first-order valence-corrected chi connectivity index (χ1v) is 16.9. The average Bonchev–Trinajstić information content (AvgIpc) is 2.95. The molecule has 0 bridgehead atoms. The van der Waals surface area contributed by atoms with Crippen LogP contribution in [0.15, 0.2) is 12.4 Å². The second-order valence-corrected chi connectivity index (χ2v) is 19.8. The fourth-order valence-electron chi connectivity index (χ4n) is 3.66. The van der Waals surface area contributed by atoms with E-state index in [1.165, 1.54) is 51.8 Å². The Morgan fingerprint density at radius 2 is 1.59 bits per heavy atom. The predicted molar refractivity (Wildman–Crippen MR) is 96.6 cm³/mol.